The van der Waals surface area contributed by atoms with Crippen LogP contribution in [0.4, 0.5) is 0 Å². The Morgan fingerprint density at radius 2 is 1.93 bits per heavy atom. The quantitative estimate of drug-likeness (QED) is 0.643. The second-order valence-electron chi connectivity index (χ2n) is 4.19. The van der Waals surface area contributed by atoms with Crippen LogP contribution in [0.5, 0.6) is 0 Å². The molecule has 1 aliphatic rings. The number of hydrogen-bond acceptors (Lipinski definition) is 1. The maximum Gasteiger partial charge on any atom is 0.225 e. The number of hydrogen-bond donors (Lipinski definition) is 0. The molecule has 2 heteroatoms. The van der Waals surface area contributed by atoms with E-state index in [1.54, 1.807) is 0 Å². The van der Waals surface area contributed by atoms with Crippen molar-refractivity contribution in [3.63, 3.8) is 0 Å². The molecule has 0 aromatic carbocycles. The Balaban J connectivity index is 0. The predicted molar refractivity (Wildman–Crippen MR) is 67.8 cm³/mol. The minimum atomic E-state index is 0. The van der Waals surface area contributed by atoms with Gasteiger partial charge >= 0.3 is 0 Å². The topological polar surface area (TPSA) is 20.3 Å². The average Bonchev–Trinajstić information content (AvgIpc) is 2.50. The lowest BCUT2D eigenvalue weighted by atomic mass is 10.1. The Morgan fingerprint density at radius 1 is 1.40 bits per heavy atom. The van der Waals surface area contributed by atoms with Crippen LogP contribution in [-0.2, 0) is 4.79 Å². The first-order valence-electron chi connectivity index (χ1n) is 5.00. The fourth-order valence-electron chi connectivity index (χ4n) is 1.87. The van der Waals surface area contributed by atoms with Crippen LogP contribution in [0.1, 0.15) is 48.5 Å². The molecule has 0 spiro atoms. The Morgan fingerprint density at radius 3 is 2.33 bits per heavy atom. The first-order chi connectivity index (χ1) is 6.04. The van der Waals surface area contributed by atoms with Crippen LogP contribution in [0, 0.1) is 5.92 Å². The lowest BCUT2D eigenvalue weighted by molar-refractivity contribution is -0.134. The summed E-state index contributed by atoms with van der Waals surface area (Å²) in [7, 11) is 0. The normalized spacial score (nSPS) is 19.5. The molecule has 15 heavy (non-hydrogen) atoms. The third kappa shape index (κ3) is 3.69. The Bertz CT molecular complexity index is 221. The van der Waals surface area contributed by atoms with Crippen molar-refractivity contribution in [2.45, 2.75) is 54.5 Å². The van der Waals surface area contributed by atoms with Crippen molar-refractivity contribution in [2.24, 2.45) is 5.92 Å². The van der Waals surface area contributed by atoms with Crippen molar-refractivity contribution in [2.75, 3.05) is 6.54 Å². The average molecular weight is 213 g/mol. The molecule has 0 aromatic rings. The first-order valence-corrected chi connectivity index (χ1v) is 5.00. The van der Waals surface area contributed by atoms with Crippen molar-refractivity contribution in [1.82, 2.24) is 4.90 Å². The molecule has 0 N–H and O–H groups in total. The van der Waals surface area contributed by atoms with Gasteiger partial charge in [-0.1, -0.05) is 40.9 Å². The van der Waals surface area contributed by atoms with Crippen LogP contribution in [0.15, 0.2) is 12.2 Å². The molecule has 90 valence electrons. The summed E-state index contributed by atoms with van der Waals surface area (Å²) in [4.78, 5) is 13.7. The zero-order valence-corrected chi connectivity index (χ0v) is 8.84. The zero-order valence-electron chi connectivity index (χ0n) is 8.84. The van der Waals surface area contributed by atoms with Crippen molar-refractivity contribution < 1.29 is 4.79 Å². The summed E-state index contributed by atoms with van der Waals surface area (Å²) in [6.45, 7) is 10.8. The van der Waals surface area contributed by atoms with Gasteiger partial charge in [0.2, 0.25) is 5.91 Å². The Kier molecular flexibility index (Phi) is 7.37. The van der Waals surface area contributed by atoms with Crippen molar-refractivity contribution in [3.8, 4) is 0 Å². The van der Waals surface area contributed by atoms with Crippen LogP contribution in [0.2, 0.25) is 0 Å². The zero-order chi connectivity index (χ0) is 10.0. The summed E-state index contributed by atoms with van der Waals surface area (Å²) in [5.41, 5.74) is 1.12. The first kappa shape index (κ1) is 16.6. The minimum Gasteiger partial charge on any atom is -0.336 e. The molecule has 0 radical (unpaired) electrons. The predicted octanol–water partition coefficient (Wildman–Crippen LogP) is 3.48. The molecule has 1 unspecified atom stereocenters. The fraction of sp³-hybridized carbons (Fsp3) is 0.769. The van der Waals surface area contributed by atoms with Crippen LogP contribution in [0.3, 0.4) is 0 Å². The molecule has 0 saturated carbocycles. The molecule has 1 saturated heterocycles. The number of carbonyl (C=O) groups is 1. The molecule has 2 nitrogen and oxygen atoms in total. The molecule has 1 amide bonds. The maximum atomic E-state index is 11.7. The Labute approximate surface area is 95.4 Å². The number of nitrogens with zero attached hydrogens (tertiary/aromatic N) is 1. The largest absolute Gasteiger partial charge is 0.336 e. The van der Waals surface area contributed by atoms with Crippen LogP contribution in [0.25, 0.3) is 0 Å². The molecule has 1 rings (SSSR count). The van der Waals surface area contributed by atoms with Crippen molar-refractivity contribution >= 4 is 5.91 Å². The Hall–Kier alpha value is -0.790. The highest BCUT2D eigenvalue weighted by Gasteiger charge is 2.29. The summed E-state index contributed by atoms with van der Waals surface area (Å²) in [5.74, 6) is 0.380. The maximum absolute atomic E-state index is 11.7. The molecular weight excluding hydrogens is 186 g/mol. The summed E-state index contributed by atoms with van der Waals surface area (Å²) in [5, 5.41) is 0. The van der Waals surface area contributed by atoms with E-state index in [2.05, 4.69) is 6.58 Å². The van der Waals surface area contributed by atoms with Gasteiger partial charge in [0.25, 0.3) is 0 Å². The van der Waals surface area contributed by atoms with E-state index in [0.29, 0.717) is 6.04 Å². The van der Waals surface area contributed by atoms with Crippen LogP contribution < -0.4 is 0 Å². The smallest absolute Gasteiger partial charge is 0.225 e. The van der Waals surface area contributed by atoms with Crippen molar-refractivity contribution in [1.29, 1.82) is 0 Å². The number of rotatable bonds is 2. The lowest BCUT2D eigenvalue weighted by Gasteiger charge is -2.26. The summed E-state index contributed by atoms with van der Waals surface area (Å²) in [6.07, 6.45) is 2.21. The van der Waals surface area contributed by atoms with Gasteiger partial charge in [-0.3, -0.25) is 4.79 Å². The third-order valence-corrected chi connectivity index (χ3v) is 2.60. The monoisotopic (exact) mass is 213 g/mol. The third-order valence-electron chi connectivity index (χ3n) is 2.60. The van der Waals surface area contributed by atoms with E-state index >= 15 is 0 Å². The molecule has 1 atom stereocenters. The van der Waals surface area contributed by atoms with E-state index in [0.717, 1.165) is 25.0 Å². The molecule has 0 bridgehead atoms. The van der Waals surface area contributed by atoms with E-state index in [1.165, 1.54) is 0 Å². The number of likely N-dealkylation sites (tertiary alicyclic amines) is 1. The van der Waals surface area contributed by atoms with E-state index in [-0.39, 0.29) is 26.7 Å². The van der Waals surface area contributed by atoms with Gasteiger partial charge in [0.15, 0.2) is 0 Å². The van der Waals surface area contributed by atoms with E-state index in [1.807, 2.05) is 25.7 Å². The SMILES string of the molecule is C.C.C=C(C)C1CCCN1C(=O)C(C)C. The highest BCUT2D eigenvalue weighted by molar-refractivity contribution is 5.79. The standard InChI is InChI=1S/C11H19NO.2CH4/c1-8(2)10-6-5-7-12(10)11(13)9(3)4;;/h9-10H,1,5-7H2,2-4H3;2*1H4. The fourth-order valence-corrected chi connectivity index (χ4v) is 1.87. The van der Waals surface area contributed by atoms with E-state index < -0.39 is 0 Å². The molecule has 1 heterocycles. The van der Waals surface area contributed by atoms with Gasteiger partial charge in [-0.05, 0) is 19.8 Å². The summed E-state index contributed by atoms with van der Waals surface area (Å²) >= 11 is 0. The second-order valence-corrected chi connectivity index (χ2v) is 4.19. The van der Waals surface area contributed by atoms with E-state index in [4.69, 9.17) is 0 Å². The molecule has 1 fully saturated rings. The number of amides is 1. The molecular formula is C13H27NO. The summed E-state index contributed by atoms with van der Waals surface area (Å²) in [6, 6.07) is 0.301. The number of carbonyl (C=O) groups excluding carboxylic acids is 1. The minimum absolute atomic E-state index is 0. The summed E-state index contributed by atoms with van der Waals surface area (Å²) < 4.78 is 0. The second kappa shape index (κ2) is 6.65. The molecule has 0 aromatic heterocycles. The van der Waals surface area contributed by atoms with Gasteiger partial charge in [-0.2, -0.15) is 0 Å². The lowest BCUT2D eigenvalue weighted by Crippen LogP contribution is -2.38. The van der Waals surface area contributed by atoms with Crippen LogP contribution in [-0.4, -0.2) is 23.4 Å². The highest BCUT2D eigenvalue weighted by Crippen LogP contribution is 2.24. The van der Waals surface area contributed by atoms with Gasteiger partial charge in [-0.25, -0.2) is 0 Å². The van der Waals surface area contributed by atoms with Gasteiger partial charge in [-0.15, -0.1) is 0 Å². The van der Waals surface area contributed by atoms with Crippen LogP contribution >= 0.6 is 0 Å². The van der Waals surface area contributed by atoms with Gasteiger partial charge < -0.3 is 4.90 Å². The van der Waals surface area contributed by atoms with Gasteiger partial charge in [0.05, 0.1) is 6.04 Å². The molecule has 0 aliphatic carbocycles. The van der Waals surface area contributed by atoms with Gasteiger partial charge in [0, 0.05) is 12.5 Å². The van der Waals surface area contributed by atoms with Crippen molar-refractivity contribution in [3.05, 3.63) is 12.2 Å². The highest BCUT2D eigenvalue weighted by atomic mass is 16.2. The van der Waals surface area contributed by atoms with E-state index in [9.17, 15) is 4.79 Å². The molecule has 1 aliphatic heterocycles. The van der Waals surface area contributed by atoms with Gasteiger partial charge in [0.1, 0.15) is 0 Å².